The topological polar surface area (TPSA) is 55.3 Å². The van der Waals surface area contributed by atoms with Crippen molar-refractivity contribution in [1.29, 1.82) is 0 Å². The molecule has 0 fully saturated rings. The van der Waals surface area contributed by atoms with E-state index in [9.17, 15) is 10.0 Å². The third-order valence-electron chi connectivity index (χ3n) is 7.49. The first-order valence-corrected chi connectivity index (χ1v) is 15.5. The Morgan fingerprint density at radius 2 is 1.08 bits per heavy atom. The zero-order valence-electron chi connectivity index (χ0n) is 22.3. The van der Waals surface area contributed by atoms with E-state index in [2.05, 4.69) is 92.7 Å². The van der Waals surface area contributed by atoms with Crippen LogP contribution in [-0.2, 0) is 0 Å². The standard InChI is InChI=1S/C18H11BO3.C16H20P/c20-19(21)22-17-7-3-6-12-8-9-15-10-13-4-1-2-5-14(13)11-16(15)18(12)17;1-3-17(4-2,15-11-7-5-8-12-15)16-13-9-6-10-14-16/h1-11H;5-14H,3-4H2,1-2H3/q-2;+1. The minimum absolute atomic E-state index is 0.341. The van der Waals surface area contributed by atoms with Crippen molar-refractivity contribution in [2.75, 3.05) is 12.3 Å². The maximum Gasteiger partial charge on any atom is 0.133 e. The van der Waals surface area contributed by atoms with E-state index in [0.717, 1.165) is 32.3 Å². The molecule has 0 atom stereocenters. The summed E-state index contributed by atoms with van der Waals surface area (Å²) in [6.07, 6.45) is 2.50. The molecule has 0 aliphatic rings. The molecule has 0 amide bonds. The monoisotopic (exact) mass is 529 g/mol. The summed E-state index contributed by atoms with van der Waals surface area (Å²) in [6.45, 7) is 4.66. The first kappa shape index (κ1) is 26.9. The van der Waals surface area contributed by atoms with Gasteiger partial charge in [0, 0.05) is 5.39 Å². The number of hydrogen-bond acceptors (Lipinski definition) is 3. The molecule has 5 heteroatoms. The summed E-state index contributed by atoms with van der Waals surface area (Å²) >= 11 is 0. The fraction of sp³-hybridized carbons (Fsp3) is 0.118. The summed E-state index contributed by atoms with van der Waals surface area (Å²) in [5.41, 5.74) is 0. The molecule has 6 aromatic carbocycles. The summed E-state index contributed by atoms with van der Waals surface area (Å²) < 4.78 is 4.94. The van der Waals surface area contributed by atoms with E-state index in [0.29, 0.717) is 5.75 Å². The molecule has 3 nitrogen and oxygen atoms in total. The smallest absolute Gasteiger partial charge is 0.133 e. The molecule has 0 unspecified atom stereocenters. The van der Waals surface area contributed by atoms with E-state index in [-0.39, 0.29) is 0 Å². The summed E-state index contributed by atoms with van der Waals surface area (Å²) in [5, 5.41) is 30.9. The van der Waals surface area contributed by atoms with Gasteiger partial charge in [-0.15, -0.1) is 0 Å². The van der Waals surface area contributed by atoms with E-state index >= 15 is 0 Å². The normalized spacial score (nSPS) is 11.3. The molecule has 0 aromatic heterocycles. The van der Waals surface area contributed by atoms with Crippen LogP contribution >= 0.6 is 7.26 Å². The molecule has 0 bridgehead atoms. The van der Waals surface area contributed by atoms with Gasteiger partial charge in [-0.1, -0.05) is 84.9 Å². The number of rotatable bonds is 6. The van der Waals surface area contributed by atoms with Crippen molar-refractivity contribution in [3.8, 4) is 5.75 Å². The van der Waals surface area contributed by atoms with Crippen LogP contribution in [0.1, 0.15) is 13.8 Å². The van der Waals surface area contributed by atoms with Crippen LogP contribution in [0.5, 0.6) is 5.75 Å². The van der Waals surface area contributed by atoms with Gasteiger partial charge < -0.3 is 14.7 Å². The molecule has 0 aliphatic carbocycles. The van der Waals surface area contributed by atoms with Crippen molar-refractivity contribution in [3.63, 3.8) is 0 Å². The summed E-state index contributed by atoms with van der Waals surface area (Å²) in [7, 11) is -3.49. The number of fused-ring (bicyclic) bond motifs is 4. The quantitative estimate of drug-likeness (QED) is 0.116. The average molecular weight is 529 g/mol. The zero-order valence-corrected chi connectivity index (χ0v) is 23.2. The molecule has 0 spiro atoms. The van der Waals surface area contributed by atoms with Crippen LogP contribution in [0.4, 0.5) is 0 Å². The summed E-state index contributed by atoms with van der Waals surface area (Å²) in [6, 6.07) is 43.8. The highest BCUT2D eigenvalue weighted by Crippen LogP contribution is 2.55. The van der Waals surface area contributed by atoms with Crippen molar-refractivity contribution in [2.24, 2.45) is 0 Å². The van der Waals surface area contributed by atoms with Crippen LogP contribution in [0.25, 0.3) is 32.3 Å². The van der Waals surface area contributed by atoms with Gasteiger partial charge in [0.25, 0.3) is 0 Å². The summed E-state index contributed by atoms with van der Waals surface area (Å²) in [4.78, 5) is 0. The highest BCUT2D eigenvalue weighted by atomic mass is 31.2. The summed E-state index contributed by atoms with van der Waals surface area (Å²) in [5.74, 6) is 0.341. The molecular formula is C34H31BO3P-. The molecule has 0 N–H and O–H groups in total. The first-order chi connectivity index (χ1) is 19.1. The van der Waals surface area contributed by atoms with Gasteiger partial charge in [-0.2, -0.15) is 0 Å². The van der Waals surface area contributed by atoms with Crippen LogP contribution in [0.15, 0.2) is 127 Å². The lowest BCUT2D eigenvalue weighted by molar-refractivity contribution is -0.372. The molecule has 0 saturated heterocycles. The van der Waals surface area contributed by atoms with E-state index < -0.39 is 14.6 Å². The van der Waals surface area contributed by atoms with Crippen molar-refractivity contribution in [2.45, 2.75) is 13.8 Å². The van der Waals surface area contributed by atoms with Crippen LogP contribution in [0.3, 0.4) is 0 Å². The van der Waals surface area contributed by atoms with Crippen molar-refractivity contribution >= 4 is 57.5 Å². The minimum atomic E-state index is -2.33. The van der Waals surface area contributed by atoms with Crippen molar-refractivity contribution in [1.82, 2.24) is 0 Å². The van der Waals surface area contributed by atoms with Crippen LogP contribution in [0.2, 0.25) is 0 Å². The molecule has 0 aliphatic heterocycles. The Morgan fingerprint density at radius 1 is 0.564 bits per heavy atom. The Morgan fingerprint density at radius 3 is 1.64 bits per heavy atom. The Hall–Kier alpha value is -3.69. The molecule has 0 saturated carbocycles. The molecule has 0 radical (unpaired) electrons. The number of hydrogen-bond donors (Lipinski definition) is 0. The predicted molar refractivity (Wildman–Crippen MR) is 165 cm³/mol. The average Bonchev–Trinajstić information content (AvgIpc) is 2.98. The molecule has 6 rings (SSSR count). The third kappa shape index (κ3) is 5.56. The Balaban J connectivity index is 0.000000164. The van der Waals surface area contributed by atoms with Crippen LogP contribution < -0.4 is 25.3 Å². The third-order valence-corrected chi connectivity index (χ3v) is 12.2. The maximum atomic E-state index is 10.9. The highest BCUT2D eigenvalue weighted by molar-refractivity contribution is 7.89. The van der Waals surface area contributed by atoms with Gasteiger partial charge in [0.15, 0.2) is 0 Å². The lowest BCUT2D eigenvalue weighted by atomic mass is 9.97. The SMILES string of the molecule is CC[P+](CC)(c1ccccc1)c1ccccc1.[O-]B([O-])Oc1cccc2ccc3cc4ccccc4cc3c12. The Bertz CT molecular complexity index is 1640. The van der Waals surface area contributed by atoms with Gasteiger partial charge in [0.1, 0.15) is 13.1 Å². The van der Waals surface area contributed by atoms with Crippen LogP contribution in [-0.4, -0.2) is 19.6 Å². The van der Waals surface area contributed by atoms with Gasteiger partial charge in [-0.05, 0) is 83.2 Å². The predicted octanol–water partition coefficient (Wildman–Crippen LogP) is 5.93. The van der Waals surface area contributed by atoms with Crippen molar-refractivity contribution < 1.29 is 14.7 Å². The molecule has 0 heterocycles. The molecule has 6 aromatic rings. The van der Waals surface area contributed by atoms with Crippen molar-refractivity contribution in [3.05, 3.63) is 127 Å². The van der Waals surface area contributed by atoms with E-state index in [1.165, 1.54) is 22.9 Å². The number of benzene rings is 6. The highest BCUT2D eigenvalue weighted by Gasteiger charge is 2.38. The fourth-order valence-electron chi connectivity index (χ4n) is 5.50. The van der Waals surface area contributed by atoms with Crippen LogP contribution in [0, 0.1) is 0 Å². The Labute approximate surface area is 231 Å². The van der Waals surface area contributed by atoms with Gasteiger partial charge in [0.2, 0.25) is 0 Å². The molecule has 194 valence electrons. The second-order valence-electron chi connectivity index (χ2n) is 9.52. The fourth-order valence-corrected chi connectivity index (χ4v) is 9.19. The first-order valence-electron chi connectivity index (χ1n) is 13.4. The minimum Gasteiger partial charge on any atom is -0.860 e. The maximum absolute atomic E-state index is 10.9. The van der Waals surface area contributed by atoms with Gasteiger partial charge in [-0.3, -0.25) is 0 Å². The Kier molecular flexibility index (Phi) is 8.28. The van der Waals surface area contributed by atoms with E-state index in [1.807, 2.05) is 36.4 Å². The second-order valence-corrected chi connectivity index (χ2v) is 13.8. The zero-order chi connectivity index (χ0) is 27.2. The largest absolute Gasteiger partial charge is 0.860 e. The molecular weight excluding hydrogens is 498 g/mol. The second kappa shape index (κ2) is 12.0. The van der Waals surface area contributed by atoms with Gasteiger partial charge in [0.05, 0.1) is 30.2 Å². The van der Waals surface area contributed by atoms with E-state index in [4.69, 9.17) is 4.65 Å². The van der Waals surface area contributed by atoms with Gasteiger partial charge in [-0.25, -0.2) is 0 Å². The lowest BCUT2D eigenvalue weighted by Crippen LogP contribution is -2.50. The lowest BCUT2D eigenvalue weighted by Gasteiger charge is -2.27. The van der Waals surface area contributed by atoms with Gasteiger partial charge >= 0.3 is 0 Å². The van der Waals surface area contributed by atoms with E-state index in [1.54, 1.807) is 12.1 Å². The molecule has 39 heavy (non-hydrogen) atoms.